The molecule has 5 nitrogen and oxygen atoms in total. The van der Waals surface area contributed by atoms with Crippen LogP contribution >= 0.6 is 0 Å². The van der Waals surface area contributed by atoms with Crippen LogP contribution in [0.2, 0.25) is 0 Å². The third kappa shape index (κ3) is 4.82. The molecule has 1 aliphatic rings. The maximum Gasteiger partial charge on any atom is 0.225 e. The Kier molecular flexibility index (Phi) is 6.02. The Bertz CT molecular complexity index is 1000. The predicted molar refractivity (Wildman–Crippen MR) is 115 cm³/mol. The highest BCUT2D eigenvalue weighted by Crippen LogP contribution is 2.23. The first-order chi connectivity index (χ1) is 14.6. The summed E-state index contributed by atoms with van der Waals surface area (Å²) in [5.41, 5.74) is 4.00. The third-order valence-corrected chi connectivity index (χ3v) is 5.44. The van der Waals surface area contributed by atoms with Gasteiger partial charge in [-0.25, -0.2) is 14.4 Å². The molecule has 1 aromatic heterocycles. The summed E-state index contributed by atoms with van der Waals surface area (Å²) in [6, 6.07) is 14.4. The van der Waals surface area contributed by atoms with Crippen molar-refractivity contribution < 1.29 is 9.18 Å². The van der Waals surface area contributed by atoms with Crippen LogP contribution in [0.3, 0.4) is 0 Å². The Balaban J connectivity index is 1.37. The zero-order valence-electron chi connectivity index (χ0n) is 17.0. The average molecular weight is 404 g/mol. The number of carbonyl (C=O) groups is 1. The molecule has 154 valence electrons. The van der Waals surface area contributed by atoms with Gasteiger partial charge in [-0.15, -0.1) is 0 Å². The second-order valence-corrected chi connectivity index (χ2v) is 7.77. The lowest BCUT2D eigenvalue weighted by molar-refractivity contribution is -0.125. The first-order valence-corrected chi connectivity index (χ1v) is 10.2. The number of hydrogen-bond donors (Lipinski definition) is 1. The number of nitrogens with one attached hydrogen (secondary N) is 1. The van der Waals surface area contributed by atoms with Gasteiger partial charge >= 0.3 is 0 Å². The number of aryl methyl sites for hydroxylation is 1. The molecule has 1 aliphatic heterocycles. The molecule has 0 radical (unpaired) electrons. The van der Waals surface area contributed by atoms with Crippen molar-refractivity contribution in [1.29, 1.82) is 0 Å². The van der Waals surface area contributed by atoms with Gasteiger partial charge in [0.15, 0.2) is 0 Å². The molecule has 30 heavy (non-hydrogen) atoms. The lowest BCUT2D eigenvalue weighted by atomic mass is 9.97. The summed E-state index contributed by atoms with van der Waals surface area (Å²) in [5, 5.41) is 3.07. The van der Waals surface area contributed by atoms with E-state index >= 15 is 0 Å². The van der Waals surface area contributed by atoms with E-state index in [-0.39, 0.29) is 17.6 Å². The van der Waals surface area contributed by atoms with E-state index in [1.165, 1.54) is 17.7 Å². The fraction of sp³-hybridized carbons (Fsp3) is 0.292. The summed E-state index contributed by atoms with van der Waals surface area (Å²) in [6.45, 7) is 4.03. The van der Waals surface area contributed by atoms with Gasteiger partial charge in [-0.1, -0.05) is 42.0 Å². The number of carbonyl (C=O) groups excluding carboxylic acids is 1. The number of halogens is 1. The zero-order valence-corrected chi connectivity index (χ0v) is 17.0. The molecule has 1 atom stereocenters. The average Bonchev–Trinajstić information content (AvgIpc) is 2.78. The van der Waals surface area contributed by atoms with Crippen molar-refractivity contribution in [2.45, 2.75) is 26.3 Å². The van der Waals surface area contributed by atoms with Crippen molar-refractivity contribution in [2.24, 2.45) is 5.92 Å². The Morgan fingerprint density at radius 2 is 1.90 bits per heavy atom. The van der Waals surface area contributed by atoms with Crippen molar-refractivity contribution >= 4 is 11.9 Å². The molecule has 2 heterocycles. The quantitative estimate of drug-likeness (QED) is 0.695. The number of rotatable bonds is 5. The van der Waals surface area contributed by atoms with Crippen LogP contribution < -0.4 is 10.2 Å². The van der Waals surface area contributed by atoms with Crippen LogP contribution in [0, 0.1) is 18.7 Å². The van der Waals surface area contributed by atoms with Crippen molar-refractivity contribution in [1.82, 2.24) is 15.3 Å². The number of nitrogens with zero attached hydrogens (tertiary/aromatic N) is 3. The molecule has 2 aromatic carbocycles. The van der Waals surface area contributed by atoms with E-state index in [0.717, 1.165) is 36.1 Å². The third-order valence-electron chi connectivity index (χ3n) is 5.44. The van der Waals surface area contributed by atoms with Crippen molar-refractivity contribution in [2.75, 3.05) is 18.0 Å². The van der Waals surface area contributed by atoms with Crippen molar-refractivity contribution in [3.05, 3.63) is 77.9 Å². The van der Waals surface area contributed by atoms with E-state index in [9.17, 15) is 9.18 Å². The van der Waals surface area contributed by atoms with Gasteiger partial charge < -0.3 is 10.2 Å². The van der Waals surface area contributed by atoms with Crippen LogP contribution in [-0.4, -0.2) is 29.0 Å². The van der Waals surface area contributed by atoms with Gasteiger partial charge in [-0.3, -0.25) is 4.79 Å². The van der Waals surface area contributed by atoms with Gasteiger partial charge in [0, 0.05) is 37.6 Å². The van der Waals surface area contributed by atoms with Gasteiger partial charge in [-0.05, 0) is 43.0 Å². The normalized spacial score (nSPS) is 16.3. The maximum atomic E-state index is 13.1. The monoisotopic (exact) mass is 404 g/mol. The van der Waals surface area contributed by atoms with Gasteiger partial charge in [0.1, 0.15) is 5.82 Å². The van der Waals surface area contributed by atoms with Crippen LogP contribution in [0.4, 0.5) is 10.3 Å². The largest absolute Gasteiger partial charge is 0.352 e. The molecule has 4 rings (SSSR count). The molecule has 1 fully saturated rings. The Labute approximate surface area is 176 Å². The fourth-order valence-electron chi connectivity index (χ4n) is 3.80. The molecule has 3 aromatic rings. The Morgan fingerprint density at radius 1 is 1.13 bits per heavy atom. The number of benzene rings is 2. The van der Waals surface area contributed by atoms with Crippen molar-refractivity contribution in [3.8, 4) is 11.1 Å². The molecule has 0 saturated carbocycles. The number of anilines is 1. The zero-order chi connectivity index (χ0) is 20.9. The number of aromatic nitrogens is 2. The van der Waals surface area contributed by atoms with Crippen LogP contribution in [0.25, 0.3) is 11.1 Å². The smallest absolute Gasteiger partial charge is 0.225 e. The molecule has 1 amide bonds. The first kappa shape index (κ1) is 20.0. The fourth-order valence-corrected chi connectivity index (χ4v) is 3.80. The van der Waals surface area contributed by atoms with E-state index in [2.05, 4.69) is 26.3 Å². The van der Waals surface area contributed by atoms with E-state index in [0.29, 0.717) is 19.0 Å². The minimum absolute atomic E-state index is 0.0733. The maximum absolute atomic E-state index is 13.1. The summed E-state index contributed by atoms with van der Waals surface area (Å²) >= 11 is 0. The lowest BCUT2D eigenvalue weighted by Crippen LogP contribution is -2.43. The Morgan fingerprint density at radius 3 is 2.63 bits per heavy atom. The lowest BCUT2D eigenvalue weighted by Gasteiger charge is -2.32. The SMILES string of the molecule is Cc1cccc(CNC(=O)C2CCCN(c3ncc(-c4ccc(F)cc4)cn3)C2)c1. The minimum atomic E-state index is -0.267. The highest BCUT2D eigenvalue weighted by molar-refractivity contribution is 5.79. The first-order valence-electron chi connectivity index (χ1n) is 10.2. The van der Waals surface area contributed by atoms with E-state index in [4.69, 9.17) is 0 Å². The minimum Gasteiger partial charge on any atom is -0.352 e. The summed E-state index contributed by atoms with van der Waals surface area (Å²) in [4.78, 5) is 23.7. The topological polar surface area (TPSA) is 58.1 Å². The molecule has 6 heteroatoms. The Hall–Kier alpha value is -3.28. The summed E-state index contributed by atoms with van der Waals surface area (Å²) in [7, 11) is 0. The number of hydrogen-bond acceptors (Lipinski definition) is 4. The van der Waals surface area contributed by atoms with Crippen LogP contribution in [0.15, 0.2) is 60.9 Å². The molecule has 1 unspecified atom stereocenters. The van der Waals surface area contributed by atoms with Gasteiger partial charge in [-0.2, -0.15) is 0 Å². The highest BCUT2D eigenvalue weighted by atomic mass is 19.1. The predicted octanol–water partition coefficient (Wildman–Crippen LogP) is 4.12. The molecule has 0 spiro atoms. The van der Waals surface area contributed by atoms with Gasteiger partial charge in [0.25, 0.3) is 0 Å². The van der Waals surface area contributed by atoms with Crippen molar-refractivity contribution in [3.63, 3.8) is 0 Å². The van der Waals surface area contributed by atoms with Crippen LogP contribution in [0.1, 0.15) is 24.0 Å². The second kappa shape index (κ2) is 9.03. The molecule has 0 bridgehead atoms. The molecule has 1 N–H and O–H groups in total. The molecular weight excluding hydrogens is 379 g/mol. The summed E-state index contributed by atoms with van der Waals surface area (Å²) in [6.07, 6.45) is 5.28. The second-order valence-electron chi connectivity index (χ2n) is 7.77. The number of piperidine rings is 1. The van der Waals surface area contributed by atoms with Crippen LogP contribution in [0.5, 0.6) is 0 Å². The summed E-state index contributed by atoms with van der Waals surface area (Å²) in [5.74, 6) is 0.349. The number of amides is 1. The molecule has 1 saturated heterocycles. The van der Waals surface area contributed by atoms with E-state index in [1.807, 2.05) is 25.1 Å². The van der Waals surface area contributed by atoms with E-state index < -0.39 is 0 Å². The standard InChI is InChI=1S/C24H25FN4O/c1-17-4-2-5-18(12-17)13-26-23(30)20-6-3-11-29(16-20)24-27-14-21(15-28-24)19-7-9-22(25)10-8-19/h2,4-5,7-10,12,14-15,20H,3,6,11,13,16H2,1H3,(H,26,30). The van der Waals surface area contributed by atoms with Gasteiger partial charge in [0.05, 0.1) is 5.92 Å². The molecule has 0 aliphatic carbocycles. The van der Waals surface area contributed by atoms with Crippen LogP contribution in [-0.2, 0) is 11.3 Å². The molecular formula is C24H25FN4O. The van der Waals surface area contributed by atoms with Gasteiger partial charge in [0.2, 0.25) is 11.9 Å². The summed E-state index contributed by atoms with van der Waals surface area (Å²) < 4.78 is 13.1. The van der Waals surface area contributed by atoms with E-state index in [1.54, 1.807) is 24.5 Å². The highest BCUT2D eigenvalue weighted by Gasteiger charge is 2.27.